The molecule has 3 heterocycles. The Morgan fingerprint density at radius 2 is 1.04 bits per heavy atom. The number of aliphatic hydroxyl groups excluding tert-OH is 1. The van der Waals surface area contributed by atoms with Crippen LogP contribution in [0.15, 0.2) is 116 Å². The highest BCUT2D eigenvalue weighted by molar-refractivity contribution is 5.97. The van der Waals surface area contributed by atoms with Gasteiger partial charge in [0.25, 0.3) is 0 Å². The number of aromatic amines is 3. The summed E-state index contributed by atoms with van der Waals surface area (Å²) in [6.07, 6.45) is 6.39. The van der Waals surface area contributed by atoms with Crippen molar-refractivity contribution in [3.05, 3.63) is 144 Å². The molecule has 0 fully saturated rings. The predicted octanol–water partition coefficient (Wildman–Crippen LogP) is 1.37. The Kier molecular flexibility index (Phi) is 23.8. The minimum absolute atomic E-state index is 0.0226. The van der Waals surface area contributed by atoms with Gasteiger partial charge in [-0.1, -0.05) is 107 Å². The number of nitrogens with one attached hydrogen (secondary N) is 11. The van der Waals surface area contributed by atoms with E-state index in [1.165, 1.54) is 38.9 Å². The van der Waals surface area contributed by atoms with E-state index in [4.69, 9.17) is 5.73 Å². The Morgan fingerprint density at radius 1 is 0.524 bits per heavy atom. The van der Waals surface area contributed by atoms with E-state index < -0.39 is 114 Å². The summed E-state index contributed by atoms with van der Waals surface area (Å²) in [6, 6.07) is 16.2. The van der Waals surface area contributed by atoms with Gasteiger partial charge in [-0.3, -0.25) is 43.2 Å². The summed E-state index contributed by atoms with van der Waals surface area (Å²) in [5.74, 6) is -6.88. The van der Waals surface area contributed by atoms with E-state index in [9.17, 15) is 48.3 Å². The Morgan fingerprint density at radius 3 is 1.62 bits per heavy atom. The lowest BCUT2D eigenvalue weighted by Crippen LogP contribution is -2.60. The van der Waals surface area contributed by atoms with Crippen molar-refractivity contribution in [2.45, 2.75) is 147 Å². The number of nitrogens with two attached hydrogens (primary N) is 1. The van der Waals surface area contributed by atoms with Crippen LogP contribution in [0.4, 0.5) is 0 Å². The fourth-order valence-electron chi connectivity index (χ4n) is 9.44. The van der Waals surface area contributed by atoms with Crippen LogP contribution in [0.2, 0.25) is 0 Å². The Balaban J connectivity index is 1.09. The summed E-state index contributed by atoms with van der Waals surface area (Å²) in [6.45, 7) is 9.86. The molecular formula is C60H78N14O10. The third kappa shape index (κ3) is 19.8. The molecule has 6 aromatic rings. The summed E-state index contributed by atoms with van der Waals surface area (Å²) >= 11 is 0. The highest BCUT2D eigenvalue weighted by atomic mass is 16.3. The number of aliphatic hydroxyl groups is 1. The van der Waals surface area contributed by atoms with Crippen molar-refractivity contribution in [2.24, 2.45) is 17.6 Å². The lowest BCUT2D eigenvalue weighted by atomic mass is 9.96. The van der Waals surface area contributed by atoms with Gasteiger partial charge >= 0.3 is 0 Å². The molecule has 0 radical (unpaired) electrons. The molecular weight excluding hydrogens is 1080 g/mol. The first-order valence-corrected chi connectivity index (χ1v) is 28.1. The van der Waals surface area contributed by atoms with E-state index in [1.807, 2.05) is 74.5 Å². The van der Waals surface area contributed by atoms with Crippen LogP contribution in [-0.4, -0.2) is 138 Å². The number of hydrogen-bond donors (Lipinski definition) is 13. The van der Waals surface area contributed by atoms with Crippen molar-refractivity contribution in [3.8, 4) is 0 Å². The number of fused-ring (bicyclic) bond motifs is 1. The van der Waals surface area contributed by atoms with Gasteiger partial charge < -0.3 is 68.3 Å². The van der Waals surface area contributed by atoms with E-state index in [0.717, 1.165) is 22.0 Å². The number of amides is 9. The summed E-state index contributed by atoms with van der Waals surface area (Å²) in [5.41, 5.74) is 9.80. The number of para-hydroxylation sites is 1. The molecule has 24 heteroatoms. The largest absolute Gasteiger partial charge is 0.390 e. The van der Waals surface area contributed by atoms with E-state index in [1.54, 1.807) is 44.3 Å². The topological polar surface area (TPSA) is 369 Å². The van der Waals surface area contributed by atoms with Crippen LogP contribution in [0.25, 0.3) is 10.9 Å². The lowest BCUT2D eigenvalue weighted by Gasteiger charge is -2.29. The molecule has 0 saturated heterocycles. The van der Waals surface area contributed by atoms with Crippen LogP contribution in [0.5, 0.6) is 0 Å². The fraction of sp³-hybridized carbons (Fsp3) is 0.417. The predicted molar refractivity (Wildman–Crippen MR) is 312 cm³/mol. The number of carbonyl (C=O) groups is 9. The standard InChI is InChI=1S/C60H78N14O10/c1-34(2)23-45(50(75)28-52(77)69-46(54(61)78)24-39-17-11-8-12-18-39)71-59(83)49(27-42-31-63-33-66-42)72-55(79)36(5)68-60(84)53(35(3)4)74-56(80)37(6)67-57(81)47(25-40-29-64-44-20-14-13-19-43(40)44)73-58(82)48(26-41-30-62-32-65-41)70-51(76)22-21-38-15-9-7-10-16-38/h7-20,29-37,45-50,53,64,75H,21-28H2,1-6H3,(H2,61,78)(H,62,65)(H,63,66)(H,67,81)(H,68,84)(H,69,77)(H,70,76)(H,71,83)(H,72,79)(H,73,82)(H,74,80)/t36-,37-,45?,46-,47-,48-,49-,50?,53-/m0/s1. The molecule has 84 heavy (non-hydrogen) atoms. The number of carbonyl (C=O) groups excluding carboxylic acids is 9. The van der Waals surface area contributed by atoms with Crippen molar-refractivity contribution in [1.82, 2.24) is 67.5 Å². The van der Waals surface area contributed by atoms with Crippen LogP contribution < -0.4 is 48.3 Å². The van der Waals surface area contributed by atoms with Crippen LogP contribution in [0, 0.1) is 11.8 Å². The normalized spacial score (nSPS) is 14.5. The van der Waals surface area contributed by atoms with Crippen LogP contribution in [0.3, 0.4) is 0 Å². The van der Waals surface area contributed by atoms with Crippen LogP contribution in [-0.2, 0) is 75.3 Å². The van der Waals surface area contributed by atoms with Gasteiger partial charge in [0.05, 0.1) is 31.2 Å². The fourth-order valence-corrected chi connectivity index (χ4v) is 9.44. The number of imidazole rings is 2. The highest BCUT2D eigenvalue weighted by Gasteiger charge is 2.35. The van der Waals surface area contributed by atoms with Gasteiger partial charge in [-0.25, -0.2) is 9.97 Å². The smallest absolute Gasteiger partial charge is 0.243 e. The van der Waals surface area contributed by atoms with E-state index >= 15 is 0 Å². The summed E-state index contributed by atoms with van der Waals surface area (Å²) in [4.78, 5) is 141. The number of primary amides is 1. The molecule has 3 aromatic carbocycles. The van der Waals surface area contributed by atoms with Gasteiger partial charge in [0, 0.05) is 73.0 Å². The summed E-state index contributed by atoms with van der Waals surface area (Å²) in [5, 5.41) is 33.9. The molecule has 448 valence electrons. The third-order valence-electron chi connectivity index (χ3n) is 14.1. The third-order valence-corrected chi connectivity index (χ3v) is 14.1. The molecule has 9 amide bonds. The first-order chi connectivity index (χ1) is 40.1. The molecule has 0 spiro atoms. The molecule has 0 aliphatic rings. The molecule has 24 nitrogen and oxygen atoms in total. The summed E-state index contributed by atoms with van der Waals surface area (Å²) < 4.78 is 0. The van der Waals surface area contributed by atoms with Gasteiger partial charge in [-0.15, -0.1) is 0 Å². The van der Waals surface area contributed by atoms with Gasteiger partial charge in [0.2, 0.25) is 53.2 Å². The van der Waals surface area contributed by atoms with Crippen molar-refractivity contribution in [3.63, 3.8) is 0 Å². The van der Waals surface area contributed by atoms with Gasteiger partial charge in [0.1, 0.15) is 42.3 Å². The van der Waals surface area contributed by atoms with Crippen molar-refractivity contribution in [2.75, 3.05) is 0 Å². The number of hydrogen-bond acceptors (Lipinski definition) is 12. The first kappa shape index (κ1) is 64.0. The monoisotopic (exact) mass is 1150 g/mol. The second kappa shape index (κ2) is 31.3. The number of aromatic nitrogens is 5. The highest BCUT2D eigenvalue weighted by Crippen LogP contribution is 2.20. The van der Waals surface area contributed by atoms with Gasteiger partial charge in [0.15, 0.2) is 0 Å². The van der Waals surface area contributed by atoms with E-state index in [0.29, 0.717) is 23.4 Å². The zero-order valence-corrected chi connectivity index (χ0v) is 48.1. The number of nitrogens with zero attached hydrogens (tertiary/aromatic N) is 2. The van der Waals surface area contributed by atoms with E-state index in [-0.39, 0.29) is 50.4 Å². The van der Waals surface area contributed by atoms with Crippen LogP contribution in [0.1, 0.15) is 88.9 Å². The molecule has 6 rings (SSSR count). The second-order valence-corrected chi connectivity index (χ2v) is 21.8. The minimum Gasteiger partial charge on any atom is -0.390 e. The average molecular weight is 1160 g/mol. The molecule has 2 unspecified atom stereocenters. The van der Waals surface area contributed by atoms with Gasteiger partial charge in [-0.05, 0) is 61.3 Å². The number of aryl methyl sites for hydroxylation is 1. The molecule has 9 atom stereocenters. The Labute approximate surface area is 487 Å². The number of H-pyrrole nitrogens is 3. The molecule has 14 N–H and O–H groups in total. The maximum absolute atomic E-state index is 14.4. The molecule has 0 saturated carbocycles. The van der Waals surface area contributed by atoms with Crippen molar-refractivity contribution >= 4 is 64.1 Å². The lowest BCUT2D eigenvalue weighted by molar-refractivity contribution is -0.135. The molecule has 3 aromatic heterocycles. The SMILES string of the molecule is CC(C)CC(NC(=O)[C@H](Cc1cnc[nH]1)NC(=O)[C@H](C)NC(=O)[C@@H](NC(=O)[C@H](C)NC(=O)[C@H](Cc1c[nH]c2ccccc12)NC(=O)[C@H](Cc1cnc[nH]1)NC(=O)CCc1ccccc1)C(C)C)C(O)CC(=O)N[C@@H](Cc1ccccc1)C(N)=O. The number of benzene rings is 3. The molecule has 0 aliphatic heterocycles. The average Bonchev–Trinajstić information content (AvgIpc) is 4.32. The molecule has 0 aliphatic carbocycles. The Bertz CT molecular complexity index is 3130. The number of rotatable bonds is 32. The zero-order chi connectivity index (χ0) is 60.9. The van der Waals surface area contributed by atoms with Crippen molar-refractivity contribution < 1.29 is 48.3 Å². The first-order valence-electron chi connectivity index (χ1n) is 28.1. The van der Waals surface area contributed by atoms with Gasteiger partial charge in [-0.2, -0.15) is 0 Å². The zero-order valence-electron chi connectivity index (χ0n) is 48.1. The van der Waals surface area contributed by atoms with E-state index in [2.05, 4.69) is 67.5 Å². The Hall–Kier alpha value is -9.19. The maximum Gasteiger partial charge on any atom is 0.243 e. The van der Waals surface area contributed by atoms with Crippen molar-refractivity contribution in [1.29, 1.82) is 0 Å². The maximum atomic E-state index is 14.4. The molecule has 0 bridgehead atoms. The van der Waals surface area contributed by atoms with Crippen LogP contribution >= 0.6 is 0 Å². The second-order valence-electron chi connectivity index (χ2n) is 21.8. The quantitative estimate of drug-likeness (QED) is 0.0285. The summed E-state index contributed by atoms with van der Waals surface area (Å²) in [7, 11) is 0. The minimum atomic E-state index is -1.43.